The fourth-order valence-corrected chi connectivity index (χ4v) is 1.39. The van der Waals surface area contributed by atoms with Crippen LogP contribution in [0.2, 0.25) is 0 Å². The van der Waals surface area contributed by atoms with E-state index in [1.807, 2.05) is 0 Å². The van der Waals surface area contributed by atoms with Gasteiger partial charge in [0, 0.05) is 7.11 Å². The molecular formula is C11H18O10. The van der Waals surface area contributed by atoms with Gasteiger partial charge in [0.2, 0.25) is 5.60 Å². The molecule has 0 spiro atoms. The number of hydrogen-bond donors (Lipinski definition) is 4. The molecule has 122 valence electrons. The van der Waals surface area contributed by atoms with Gasteiger partial charge in [-0.15, -0.1) is 0 Å². The van der Waals surface area contributed by atoms with Gasteiger partial charge >= 0.3 is 17.9 Å². The molecule has 0 heterocycles. The Kier molecular flexibility index (Phi) is 8.47. The average Bonchev–Trinajstić information content (AvgIpc) is 2.36. The third kappa shape index (κ3) is 6.49. The van der Waals surface area contributed by atoms with Gasteiger partial charge in [-0.25, -0.2) is 9.59 Å². The van der Waals surface area contributed by atoms with E-state index in [-0.39, 0.29) is 19.8 Å². The predicted octanol–water partition coefficient (Wildman–Crippen LogP) is -1.59. The first-order chi connectivity index (χ1) is 9.75. The summed E-state index contributed by atoms with van der Waals surface area (Å²) in [5, 5.41) is 36.1. The molecule has 10 heteroatoms. The maximum Gasteiger partial charge on any atom is 0.339 e. The quantitative estimate of drug-likeness (QED) is 0.309. The highest BCUT2D eigenvalue weighted by Crippen LogP contribution is 2.20. The van der Waals surface area contributed by atoms with Crippen LogP contribution >= 0.6 is 0 Å². The van der Waals surface area contributed by atoms with E-state index in [1.54, 1.807) is 0 Å². The molecule has 0 aromatic heterocycles. The van der Waals surface area contributed by atoms with Gasteiger partial charge in [-0.05, 0) is 0 Å². The second-order valence-corrected chi connectivity index (χ2v) is 3.99. The number of carboxylic acid groups (broad SMARTS) is 3. The molecule has 0 aromatic carbocycles. The molecule has 0 saturated carbocycles. The van der Waals surface area contributed by atoms with Crippen LogP contribution in [0.5, 0.6) is 0 Å². The minimum atomic E-state index is -3.08. The van der Waals surface area contributed by atoms with Crippen LogP contribution in [-0.4, -0.2) is 83.6 Å². The van der Waals surface area contributed by atoms with Crippen molar-refractivity contribution >= 4 is 17.9 Å². The number of methoxy groups -OCH3 is 1. The first kappa shape index (κ1) is 19.2. The zero-order valence-corrected chi connectivity index (χ0v) is 11.4. The molecule has 0 aliphatic heterocycles. The predicted molar refractivity (Wildman–Crippen MR) is 64.9 cm³/mol. The van der Waals surface area contributed by atoms with E-state index in [2.05, 4.69) is 0 Å². The maximum atomic E-state index is 11.0. The summed E-state index contributed by atoms with van der Waals surface area (Å²) in [4.78, 5) is 32.6. The van der Waals surface area contributed by atoms with Gasteiger partial charge in [-0.2, -0.15) is 0 Å². The van der Waals surface area contributed by atoms with Crippen LogP contribution in [0.4, 0.5) is 0 Å². The zero-order chi connectivity index (χ0) is 16.5. The summed E-state index contributed by atoms with van der Waals surface area (Å²) >= 11 is 0. The van der Waals surface area contributed by atoms with Crippen molar-refractivity contribution in [2.45, 2.75) is 18.1 Å². The van der Waals surface area contributed by atoms with Gasteiger partial charge in [-0.1, -0.05) is 0 Å². The van der Waals surface area contributed by atoms with E-state index in [4.69, 9.17) is 29.5 Å². The summed E-state index contributed by atoms with van der Waals surface area (Å²) in [6.45, 7) is 0.113. The molecule has 0 bridgehead atoms. The van der Waals surface area contributed by atoms with Crippen molar-refractivity contribution in [1.29, 1.82) is 0 Å². The monoisotopic (exact) mass is 310 g/mol. The van der Waals surface area contributed by atoms with E-state index in [1.165, 1.54) is 7.11 Å². The fourth-order valence-electron chi connectivity index (χ4n) is 1.39. The summed E-state index contributed by atoms with van der Waals surface area (Å²) in [7, 11) is 1.46. The molecule has 0 rings (SSSR count). The molecule has 0 aliphatic carbocycles. The summed E-state index contributed by atoms with van der Waals surface area (Å²) < 4.78 is 14.4. The molecule has 0 fully saturated rings. The Morgan fingerprint density at radius 3 is 2.05 bits per heavy atom. The van der Waals surface area contributed by atoms with Gasteiger partial charge in [0.15, 0.2) is 6.10 Å². The standard InChI is InChI=1S/C11H18O10/c1-19-2-3-20-4-5-21-8(9(14)15)11(18,10(16)17)6-7(12)13/h8,18H,2-6H2,1H3,(H,12,13)(H,14,15)(H,16,17). The van der Waals surface area contributed by atoms with E-state index in [0.29, 0.717) is 6.61 Å². The van der Waals surface area contributed by atoms with E-state index in [0.717, 1.165) is 0 Å². The van der Waals surface area contributed by atoms with Crippen molar-refractivity contribution in [2.75, 3.05) is 33.5 Å². The molecule has 21 heavy (non-hydrogen) atoms. The van der Waals surface area contributed by atoms with Crippen LogP contribution in [-0.2, 0) is 28.6 Å². The molecule has 0 aliphatic rings. The largest absolute Gasteiger partial charge is 0.481 e. The summed E-state index contributed by atoms with van der Waals surface area (Å²) in [6.07, 6.45) is -3.55. The second kappa shape index (κ2) is 9.23. The lowest BCUT2D eigenvalue weighted by Crippen LogP contribution is -2.56. The van der Waals surface area contributed by atoms with Gasteiger partial charge in [-0.3, -0.25) is 4.79 Å². The molecule has 2 unspecified atom stereocenters. The Morgan fingerprint density at radius 1 is 1.05 bits per heavy atom. The number of rotatable bonds is 12. The lowest BCUT2D eigenvalue weighted by molar-refractivity contribution is -0.195. The maximum absolute atomic E-state index is 11.0. The van der Waals surface area contributed by atoms with Gasteiger partial charge in [0.05, 0.1) is 32.8 Å². The number of aliphatic hydroxyl groups is 1. The Bertz CT molecular complexity index is 368. The van der Waals surface area contributed by atoms with Crippen LogP contribution in [0.1, 0.15) is 6.42 Å². The van der Waals surface area contributed by atoms with Gasteiger partial charge in [0.1, 0.15) is 0 Å². The average molecular weight is 310 g/mol. The normalized spacial score (nSPS) is 15.1. The highest BCUT2D eigenvalue weighted by Gasteiger charge is 2.51. The van der Waals surface area contributed by atoms with Crippen molar-refractivity contribution in [3.63, 3.8) is 0 Å². The van der Waals surface area contributed by atoms with E-state index >= 15 is 0 Å². The number of carboxylic acids is 3. The number of ether oxygens (including phenoxy) is 3. The van der Waals surface area contributed by atoms with Crippen molar-refractivity contribution in [2.24, 2.45) is 0 Å². The zero-order valence-electron chi connectivity index (χ0n) is 11.4. The number of aliphatic carboxylic acids is 3. The second-order valence-electron chi connectivity index (χ2n) is 3.99. The Morgan fingerprint density at radius 2 is 1.62 bits per heavy atom. The van der Waals surface area contributed by atoms with Gasteiger partial charge in [0.25, 0.3) is 0 Å². The molecule has 0 aromatic rings. The SMILES string of the molecule is COCCOCCOC(C(=O)O)C(O)(CC(=O)O)C(=O)O. The third-order valence-electron chi connectivity index (χ3n) is 2.39. The molecule has 2 atom stereocenters. The van der Waals surface area contributed by atoms with Crippen molar-refractivity contribution in [1.82, 2.24) is 0 Å². The lowest BCUT2D eigenvalue weighted by Gasteiger charge is -2.28. The Labute approximate surface area is 119 Å². The van der Waals surface area contributed by atoms with Crippen LogP contribution < -0.4 is 0 Å². The number of carbonyl (C=O) groups is 3. The molecule has 4 N–H and O–H groups in total. The topological polar surface area (TPSA) is 160 Å². The summed E-state index contributed by atoms with van der Waals surface area (Å²) in [5.74, 6) is -5.47. The van der Waals surface area contributed by atoms with Crippen LogP contribution in [0.3, 0.4) is 0 Å². The van der Waals surface area contributed by atoms with Crippen LogP contribution in [0, 0.1) is 0 Å². The van der Waals surface area contributed by atoms with Crippen molar-refractivity contribution in [3.05, 3.63) is 0 Å². The summed E-state index contributed by atoms with van der Waals surface area (Å²) in [5.41, 5.74) is -3.08. The molecule has 0 radical (unpaired) electrons. The summed E-state index contributed by atoms with van der Waals surface area (Å²) in [6, 6.07) is 0. The Hall–Kier alpha value is -1.75. The van der Waals surface area contributed by atoms with E-state index < -0.39 is 36.0 Å². The lowest BCUT2D eigenvalue weighted by atomic mass is 9.92. The van der Waals surface area contributed by atoms with Crippen LogP contribution in [0.25, 0.3) is 0 Å². The minimum absolute atomic E-state index is 0.0735. The number of hydrogen-bond acceptors (Lipinski definition) is 7. The molecular weight excluding hydrogens is 292 g/mol. The fraction of sp³-hybridized carbons (Fsp3) is 0.727. The highest BCUT2D eigenvalue weighted by atomic mass is 16.6. The third-order valence-corrected chi connectivity index (χ3v) is 2.39. The minimum Gasteiger partial charge on any atom is -0.481 e. The molecule has 0 amide bonds. The Balaban J connectivity index is 4.66. The first-order valence-electron chi connectivity index (χ1n) is 5.84. The van der Waals surface area contributed by atoms with Crippen molar-refractivity contribution < 1.29 is 49.0 Å². The smallest absolute Gasteiger partial charge is 0.339 e. The first-order valence-corrected chi connectivity index (χ1v) is 5.84. The molecule has 10 nitrogen and oxygen atoms in total. The van der Waals surface area contributed by atoms with E-state index in [9.17, 15) is 19.5 Å². The van der Waals surface area contributed by atoms with Crippen molar-refractivity contribution in [3.8, 4) is 0 Å². The van der Waals surface area contributed by atoms with Gasteiger partial charge < -0.3 is 34.6 Å². The van der Waals surface area contributed by atoms with Crippen LogP contribution in [0.15, 0.2) is 0 Å². The molecule has 0 saturated heterocycles. The highest BCUT2D eigenvalue weighted by molar-refractivity contribution is 5.91.